The van der Waals surface area contributed by atoms with E-state index < -0.39 is 11.7 Å². The maximum atomic E-state index is 12.8. The van der Waals surface area contributed by atoms with E-state index in [4.69, 9.17) is 0 Å². The Kier molecular flexibility index (Phi) is 4.24. The highest BCUT2D eigenvalue weighted by atomic mass is 19.4. The standard InChI is InChI=1S/C21H14F3N3/c22-21(23,24)17-11-9-15(10-12-17)18-14-19(16-6-2-1-3-7-16)27(26-18)20-8-4-5-13-25-20/h1-14H. The molecule has 0 N–H and O–H groups in total. The molecule has 27 heavy (non-hydrogen) atoms. The first-order chi connectivity index (χ1) is 13.0. The Labute approximate surface area is 153 Å². The summed E-state index contributed by atoms with van der Waals surface area (Å²) in [7, 11) is 0. The third-order valence-electron chi connectivity index (χ3n) is 4.15. The zero-order chi connectivity index (χ0) is 18.9. The van der Waals surface area contributed by atoms with Crippen LogP contribution in [0.15, 0.2) is 85.1 Å². The van der Waals surface area contributed by atoms with Gasteiger partial charge in [-0.05, 0) is 30.3 Å². The van der Waals surface area contributed by atoms with Crippen molar-refractivity contribution < 1.29 is 13.2 Å². The predicted molar refractivity (Wildman–Crippen MR) is 97.2 cm³/mol. The molecule has 0 saturated carbocycles. The summed E-state index contributed by atoms with van der Waals surface area (Å²) < 4.78 is 40.1. The Balaban J connectivity index is 1.82. The number of halogens is 3. The molecule has 4 rings (SSSR count). The molecule has 6 heteroatoms. The second-order valence-corrected chi connectivity index (χ2v) is 5.96. The summed E-state index contributed by atoms with van der Waals surface area (Å²) in [6.07, 6.45) is -2.69. The lowest BCUT2D eigenvalue weighted by Crippen LogP contribution is -2.04. The zero-order valence-corrected chi connectivity index (χ0v) is 14.1. The molecule has 0 bridgehead atoms. The van der Waals surface area contributed by atoms with Crippen LogP contribution < -0.4 is 0 Å². The van der Waals surface area contributed by atoms with E-state index in [1.54, 1.807) is 10.9 Å². The maximum absolute atomic E-state index is 12.8. The minimum absolute atomic E-state index is 0.577. The van der Waals surface area contributed by atoms with Gasteiger partial charge in [0.25, 0.3) is 0 Å². The Morgan fingerprint density at radius 3 is 2.07 bits per heavy atom. The fourth-order valence-electron chi connectivity index (χ4n) is 2.82. The molecule has 134 valence electrons. The molecule has 0 radical (unpaired) electrons. The summed E-state index contributed by atoms with van der Waals surface area (Å²) in [5, 5.41) is 4.59. The first-order valence-electron chi connectivity index (χ1n) is 8.27. The van der Waals surface area contributed by atoms with Crippen LogP contribution in [-0.4, -0.2) is 14.8 Å². The molecular weight excluding hydrogens is 351 g/mol. The molecule has 2 heterocycles. The fourth-order valence-corrected chi connectivity index (χ4v) is 2.82. The van der Waals surface area contributed by atoms with Gasteiger partial charge in [-0.15, -0.1) is 0 Å². The molecule has 0 spiro atoms. The van der Waals surface area contributed by atoms with Crippen LogP contribution in [0.25, 0.3) is 28.3 Å². The van der Waals surface area contributed by atoms with Gasteiger partial charge in [0, 0.05) is 17.3 Å². The van der Waals surface area contributed by atoms with Gasteiger partial charge >= 0.3 is 6.18 Å². The summed E-state index contributed by atoms with van der Waals surface area (Å²) in [6, 6.07) is 22.0. The average Bonchev–Trinajstić information content (AvgIpc) is 3.14. The van der Waals surface area contributed by atoms with Gasteiger partial charge in [-0.25, -0.2) is 9.67 Å². The quantitative estimate of drug-likeness (QED) is 0.472. The second kappa shape index (κ2) is 6.72. The molecule has 2 aromatic carbocycles. The Morgan fingerprint density at radius 1 is 0.741 bits per heavy atom. The van der Waals surface area contributed by atoms with Crippen molar-refractivity contribution in [2.24, 2.45) is 0 Å². The summed E-state index contributed by atoms with van der Waals surface area (Å²) in [6.45, 7) is 0. The summed E-state index contributed by atoms with van der Waals surface area (Å²) >= 11 is 0. The molecule has 0 aliphatic heterocycles. The number of nitrogens with zero attached hydrogens (tertiary/aromatic N) is 3. The van der Waals surface area contributed by atoms with Crippen molar-refractivity contribution in [2.75, 3.05) is 0 Å². The van der Waals surface area contributed by atoms with E-state index in [1.165, 1.54) is 12.1 Å². The van der Waals surface area contributed by atoms with Gasteiger partial charge in [0.1, 0.15) is 0 Å². The summed E-state index contributed by atoms with van der Waals surface area (Å²) in [5.74, 6) is 0.634. The second-order valence-electron chi connectivity index (χ2n) is 5.96. The van der Waals surface area contributed by atoms with Gasteiger partial charge in [0.05, 0.1) is 17.0 Å². The van der Waals surface area contributed by atoms with Crippen LogP contribution in [0.5, 0.6) is 0 Å². The van der Waals surface area contributed by atoms with E-state index in [0.29, 0.717) is 17.1 Å². The normalized spacial score (nSPS) is 11.5. The Bertz CT molecular complexity index is 981. The first kappa shape index (κ1) is 17.0. The summed E-state index contributed by atoms with van der Waals surface area (Å²) in [5.41, 5.74) is 2.25. The van der Waals surface area contributed by atoms with Crippen LogP contribution in [0.1, 0.15) is 5.56 Å². The molecule has 0 unspecified atom stereocenters. The van der Waals surface area contributed by atoms with Crippen molar-refractivity contribution in [1.29, 1.82) is 0 Å². The largest absolute Gasteiger partial charge is 0.416 e. The van der Waals surface area contributed by atoms with Gasteiger partial charge in [-0.1, -0.05) is 48.5 Å². The smallest absolute Gasteiger partial charge is 0.237 e. The van der Waals surface area contributed by atoms with Gasteiger partial charge in [0.2, 0.25) is 0 Å². The molecule has 0 aliphatic carbocycles. The van der Waals surface area contributed by atoms with Crippen LogP contribution in [0.4, 0.5) is 13.2 Å². The Morgan fingerprint density at radius 2 is 1.44 bits per heavy atom. The lowest BCUT2D eigenvalue weighted by molar-refractivity contribution is -0.137. The van der Waals surface area contributed by atoms with Crippen molar-refractivity contribution in [2.45, 2.75) is 6.18 Å². The first-order valence-corrected chi connectivity index (χ1v) is 8.27. The highest BCUT2D eigenvalue weighted by molar-refractivity contribution is 5.70. The number of benzene rings is 2. The number of alkyl halides is 3. The van der Waals surface area contributed by atoms with Crippen molar-refractivity contribution in [3.8, 4) is 28.3 Å². The molecule has 4 aromatic rings. The molecule has 0 amide bonds. The number of aromatic nitrogens is 3. The summed E-state index contributed by atoms with van der Waals surface area (Å²) in [4.78, 5) is 4.34. The molecule has 0 fully saturated rings. The zero-order valence-electron chi connectivity index (χ0n) is 14.1. The minimum atomic E-state index is -4.36. The minimum Gasteiger partial charge on any atom is -0.237 e. The predicted octanol–water partition coefficient (Wildman–Crippen LogP) is 5.62. The van der Waals surface area contributed by atoms with Crippen LogP contribution in [0.2, 0.25) is 0 Å². The molecule has 0 saturated heterocycles. The van der Waals surface area contributed by atoms with E-state index in [-0.39, 0.29) is 0 Å². The molecule has 3 nitrogen and oxygen atoms in total. The van der Waals surface area contributed by atoms with Crippen molar-refractivity contribution >= 4 is 0 Å². The number of hydrogen-bond donors (Lipinski definition) is 0. The maximum Gasteiger partial charge on any atom is 0.416 e. The molecule has 0 atom stereocenters. The Hall–Kier alpha value is -3.41. The SMILES string of the molecule is FC(F)(F)c1ccc(-c2cc(-c3ccccc3)n(-c3ccccn3)n2)cc1. The lowest BCUT2D eigenvalue weighted by Gasteiger charge is -2.06. The number of pyridine rings is 1. The van der Waals surface area contributed by atoms with Gasteiger partial charge in [-0.3, -0.25) is 0 Å². The topological polar surface area (TPSA) is 30.7 Å². The van der Waals surface area contributed by atoms with Crippen molar-refractivity contribution in [1.82, 2.24) is 14.8 Å². The van der Waals surface area contributed by atoms with Gasteiger partial charge < -0.3 is 0 Å². The molecule has 0 aliphatic rings. The average molecular weight is 365 g/mol. The van der Waals surface area contributed by atoms with Crippen LogP contribution in [-0.2, 0) is 6.18 Å². The van der Waals surface area contributed by atoms with Crippen molar-refractivity contribution in [3.05, 3.63) is 90.6 Å². The van der Waals surface area contributed by atoms with E-state index >= 15 is 0 Å². The number of hydrogen-bond acceptors (Lipinski definition) is 2. The lowest BCUT2D eigenvalue weighted by atomic mass is 10.1. The van der Waals surface area contributed by atoms with Crippen LogP contribution >= 0.6 is 0 Å². The fraction of sp³-hybridized carbons (Fsp3) is 0.0476. The van der Waals surface area contributed by atoms with Crippen LogP contribution in [0.3, 0.4) is 0 Å². The van der Waals surface area contributed by atoms with E-state index in [9.17, 15) is 13.2 Å². The van der Waals surface area contributed by atoms with Gasteiger partial charge in [0.15, 0.2) is 5.82 Å². The molecular formula is C21H14F3N3. The number of rotatable bonds is 3. The van der Waals surface area contributed by atoms with E-state index in [1.807, 2.05) is 54.6 Å². The highest BCUT2D eigenvalue weighted by Crippen LogP contribution is 2.32. The van der Waals surface area contributed by atoms with E-state index in [0.717, 1.165) is 23.4 Å². The third-order valence-corrected chi connectivity index (χ3v) is 4.15. The van der Waals surface area contributed by atoms with E-state index in [2.05, 4.69) is 10.1 Å². The highest BCUT2D eigenvalue weighted by Gasteiger charge is 2.30. The molecule has 2 aromatic heterocycles. The van der Waals surface area contributed by atoms with Crippen molar-refractivity contribution in [3.63, 3.8) is 0 Å². The van der Waals surface area contributed by atoms with Gasteiger partial charge in [-0.2, -0.15) is 18.3 Å². The third kappa shape index (κ3) is 3.46. The van der Waals surface area contributed by atoms with Crippen LogP contribution in [0, 0.1) is 0 Å². The monoisotopic (exact) mass is 365 g/mol.